The molecule has 0 fully saturated rings. The van der Waals surface area contributed by atoms with E-state index in [1.165, 1.54) is 38.3 Å². The van der Waals surface area contributed by atoms with E-state index < -0.39 is 35.3 Å². The molecule has 0 radical (unpaired) electrons. The van der Waals surface area contributed by atoms with Crippen molar-refractivity contribution in [3.63, 3.8) is 0 Å². The predicted molar refractivity (Wildman–Crippen MR) is 103 cm³/mol. The Morgan fingerprint density at radius 2 is 1.93 bits per heavy atom. The number of anilines is 1. The molecule has 0 aromatic heterocycles. The van der Waals surface area contributed by atoms with Gasteiger partial charge in [0.05, 0.1) is 22.2 Å². The minimum atomic E-state index is -1.22. The van der Waals surface area contributed by atoms with E-state index in [9.17, 15) is 24.1 Å². The largest absolute Gasteiger partial charge is 0.495 e. The van der Waals surface area contributed by atoms with Crippen LogP contribution in [0.3, 0.4) is 0 Å². The number of methoxy groups -OCH3 is 1. The summed E-state index contributed by atoms with van der Waals surface area (Å²) in [6.07, 6.45) is -1.22. The summed E-state index contributed by atoms with van der Waals surface area (Å²) in [4.78, 5) is 34.4. The lowest BCUT2D eigenvalue weighted by atomic mass is 10.2. The third-order valence-electron chi connectivity index (χ3n) is 3.57. The number of rotatable bonds is 8. The number of nitrogens with one attached hydrogen (secondary N) is 1. The Morgan fingerprint density at radius 3 is 2.55 bits per heavy atom. The summed E-state index contributed by atoms with van der Waals surface area (Å²) in [7, 11) is 1.34. The maximum Gasteiger partial charge on any atom is 0.344 e. The van der Waals surface area contributed by atoms with Crippen LogP contribution in [-0.2, 0) is 14.3 Å². The molecule has 0 aliphatic carbocycles. The third kappa shape index (κ3) is 6.14. The average molecular weight is 471 g/mol. The summed E-state index contributed by atoms with van der Waals surface area (Å²) in [5.74, 6) is -1.61. The van der Waals surface area contributed by atoms with Crippen molar-refractivity contribution in [1.29, 1.82) is 0 Å². The van der Waals surface area contributed by atoms with Crippen LogP contribution in [-0.4, -0.2) is 36.6 Å². The highest BCUT2D eigenvalue weighted by molar-refractivity contribution is 9.10. The first-order chi connectivity index (χ1) is 13.7. The van der Waals surface area contributed by atoms with E-state index in [0.717, 1.165) is 12.1 Å². The van der Waals surface area contributed by atoms with Crippen molar-refractivity contribution in [1.82, 2.24) is 0 Å². The van der Waals surface area contributed by atoms with Crippen LogP contribution in [0, 0.1) is 15.9 Å². The summed E-state index contributed by atoms with van der Waals surface area (Å²) >= 11 is 3.10. The van der Waals surface area contributed by atoms with Gasteiger partial charge in [-0.05, 0) is 47.1 Å². The number of ether oxygens (including phenoxy) is 3. The highest BCUT2D eigenvalue weighted by Crippen LogP contribution is 2.29. The number of amides is 1. The van der Waals surface area contributed by atoms with Crippen LogP contribution in [0.2, 0.25) is 0 Å². The molecular weight excluding hydrogens is 455 g/mol. The first kappa shape index (κ1) is 22.1. The first-order valence-corrected chi connectivity index (χ1v) is 8.91. The first-order valence-electron chi connectivity index (χ1n) is 8.12. The maximum absolute atomic E-state index is 13.0. The number of halogens is 2. The van der Waals surface area contributed by atoms with E-state index >= 15 is 0 Å². The zero-order valence-electron chi connectivity index (χ0n) is 15.3. The molecule has 154 valence electrons. The normalized spacial score (nSPS) is 11.3. The number of non-ortho nitro benzene ring substituents is 1. The van der Waals surface area contributed by atoms with E-state index in [4.69, 9.17) is 14.2 Å². The molecule has 1 unspecified atom stereocenters. The van der Waals surface area contributed by atoms with Crippen LogP contribution < -0.4 is 14.8 Å². The fraction of sp³-hybridized carbons (Fsp3) is 0.222. The van der Waals surface area contributed by atoms with E-state index in [2.05, 4.69) is 21.2 Å². The van der Waals surface area contributed by atoms with E-state index in [-0.39, 0.29) is 22.9 Å². The average Bonchev–Trinajstić information content (AvgIpc) is 2.67. The number of benzene rings is 2. The lowest BCUT2D eigenvalue weighted by Gasteiger charge is -2.15. The lowest BCUT2D eigenvalue weighted by Crippen LogP contribution is -2.31. The van der Waals surface area contributed by atoms with Crippen LogP contribution in [0.15, 0.2) is 40.9 Å². The SMILES string of the molecule is COc1ccc([N+](=O)[O-])cc1NC(=O)C(C)OC(=O)COc1ccc(F)cc1Br. The van der Waals surface area contributed by atoms with Gasteiger partial charge in [0.1, 0.15) is 17.3 Å². The quantitative estimate of drug-likeness (QED) is 0.356. The van der Waals surface area contributed by atoms with Gasteiger partial charge in [0.15, 0.2) is 12.7 Å². The Hall–Kier alpha value is -3.21. The molecule has 0 saturated carbocycles. The Kier molecular flexibility index (Phi) is 7.48. The summed E-state index contributed by atoms with van der Waals surface area (Å²) in [6.45, 7) is 0.812. The molecule has 1 atom stereocenters. The standard InChI is InChI=1S/C18H16BrFN2O7/c1-10(29-17(23)9-28-15-5-3-11(20)7-13(15)19)18(24)21-14-8-12(22(25)26)4-6-16(14)27-2/h3-8,10H,9H2,1-2H3,(H,21,24). The van der Waals surface area contributed by atoms with Crippen LogP contribution >= 0.6 is 15.9 Å². The van der Waals surface area contributed by atoms with E-state index in [1.54, 1.807) is 0 Å². The maximum atomic E-state index is 13.0. The Labute approximate surface area is 173 Å². The number of carbonyl (C=O) groups is 2. The van der Waals surface area contributed by atoms with Gasteiger partial charge in [0.2, 0.25) is 0 Å². The molecule has 2 aromatic carbocycles. The molecule has 1 amide bonds. The monoisotopic (exact) mass is 470 g/mol. The van der Waals surface area contributed by atoms with Gasteiger partial charge in [-0.3, -0.25) is 14.9 Å². The Bertz CT molecular complexity index is 938. The van der Waals surface area contributed by atoms with Gasteiger partial charge in [0, 0.05) is 12.1 Å². The lowest BCUT2D eigenvalue weighted by molar-refractivity contribution is -0.384. The molecule has 11 heteroatoms. The highest BCUT2D eigenvalue weighted by atomic mass is 79.9. The number of esters is 1. The summed E-state index contributed by atoms with van der Waals surface area (Å²) < 4.78 is 28.6. The van der Waals surface area contributed by atoms with E-state index in [0.29, 0.717) is 4.47 Å². The van der Waals surface area contributed by atoms with Gasteiger partial charge in [-0.25, -0.2) is 9.18 Å². The zero-order valence-corrected chi connectivity index (χ0v) is 16.9. The number of carbonyl (C=O) groups excluding carboxylic acids is 2. The van der Waals surface area contributed by atoms with Crippen molar-refractivity contribution >= 4 is 39.2 Å². The minimum Gasteiger partial charge on any atom is -0.495 e. The van der Waals surface area contributed by atoms with Crippen molar-refractivity contribution in [2.45, 2.75) is 13.0 Å². The van der Waals surface area contributed by atoms with Gasteiger partial charge in [-0.2, -0.15) is 0 Å². The Balaban J connectivity index is 1.95. The minimum absolute atomic E-state index is 0.0566. The molecule has 0 saturated heterocycles. The second-order valence-corrected chi connectivity index (χ2v) is 6.48. The molecule has 0 spiro atoms. The number of hydrogen-bond acceptors (Lipinski definition) is 7. The van der Waals surface area contributed by atoms with Crippen molar-refractivity contribution in [2.75, 3.05) is 19.0 Å². The zero-order chi connectivity index (χ0) is 21.6. The summed E-state index contributed by atoms with van der Waals surface area (Å²) in [5.41, 5.74) is -0.190. The van der Waals surface area contributed by atoms with Crippen LogP contribution in [0.5, 0.6) is 11.5 Å². The molecule has 0 aliphatic rings. The van der Waals surface area contributed by atoms with Crippen LogP contribution in [0.4, 0.5) is 15.8 Å². The molecule has 9 nitrogen and oxygen atoms in total. The fourth-order valence-corrected chi connectivity index (χ4v) is 2.62. The van der Waals surface area contributed by atoms with Gasteiger partial charge in [-0.15, -0.1) is 0 Å². The second kappa shape index (κ2) is 9.82. The van der Waals surface area contributed by atoms with E-state index in [1.807, 2.05) is 0 Å². The topological polar surface area (TPSA) is 117 Å². The molecule has 2 rings (SSSR count). The molecule has 0 heterocycles. The summed E-state index contributed by atoms with van der Waals surface area (Å²) in [6, 6.07) is 7.34. The molecule has 29 heavy (non-hydrogen) atoms. The number of nitro groups is 1. The predicted octanol–water partition coefficient (Wildman–Crippen LogP) is 3.45. The second-order valence-electron chi connectivity index (χ2n) is 5.63. The van der Waals surface area contributed by atoms with Crippen LogP contribution in [0.1, 0.15) is 6.92 Å². The highest BCUT2D eigenvalue weighted by Gasteiger charge is 2.21. The van der Waals surface area contributed by atoms with Crippen molar-refractivity contribution in [3.05, 3.63) is 56.8 Å². The third-order valence-corrected chi connectivity index (χ3v) is 4.19. The Morgan fingerprint density at radius 1 is 1.24 bits per heavy atom. The smallest absolute Gasteiger partial charge is 0.344 e. The van der Waals surface area contributed by atoms with Gasteiger partial charge in [0.25, 0.3) is 11.6 Å². The molecule has 0 bridgehead atoms. The molecular formula is C18H16BrFN2O7. The number of nitro benzene ring substituents is 1. The summed E-state index contributed by atoms with van der Waals surface area (Å²) in [5, 5.41) is 13.3. The molecule has 1 N–H and O–H groups in total. The van der Waals surface area contributed by atoms with Gasteiger partial charge >= 0.3 is 5.97 Å². The van der Waals surface area contributed by atoms with Gasteiger partial charge in [-0.1, -0.05) is 0 Å². The van der Waals surface area contributed by atoms with Crippen molar-refractivity contribution in [3.8, 4) is 11.5 Å². The number of hydrogen-bond donors (Lipinski definition) is 1. The van der Waals surface area contributed by atoms with Crippen molar-refractivity contribution in [2.24, 2.45) is 0 Å². The molecule has 0 aliphatic heterocycles. The van der Waals surface area contributed by atoms with Crippen LogP contribution in [0.25, 0.3) is 0 Å². The van der Waals surface area contributed by atoms with Crippen molar-refractivity contribution < 1.29 is 33.1 Å². The molecule has 2 aromatic rings. The fourth-order valence-electron chi connectivity index (χ4n) is 2.16. The van der Waals surface area contributed by atoms with Gasteiger partial charge < -0.3 is 19.5 Å². The number of nitrogens with zero attached hydrogens (tertiary/aromatic N) is 1.